The van der Waals surface area contributed by atoms with E-state index in [9.17, 15) is 0 Å². The van der Waals surface area contributed by atoms with E-state index < -0.39 is 0 Å². The molecule has 5 nitrogen and oxygen atoms in total. The lowest BCUT2D eigenvalue weighted by molar-refractivity contribution is 0.172. The van der Waals surface area contributed by atoms with Crippen molar-refractivity contribution in [2.24, 2.45) is 0 Å². The van der Waals surface area contributed by atoms with Crippen LogP contribution in [0.25, 0.3) is 0 Å². The Morgan fingerprint density at radius 1 is 1.62 bits per heavy atom. The van der Waals surface area contributed by atoms with Crippen molar-refractivity contribution in [1.82, 2.24) is 20.1 Å². The molecule has 0 saturated heterocycles. The molecule has 1 aliphatic rings. The molecule has 0 saturated carbocycles. The summed E-state index contributed by atoms with van der Waals surface area (Å²) >= 11 is 0. The lowest BCUT2D eigenvalue weighted by Crippen LogP contribution is -2.32. The maximum Gasteiger partial charge on any atom is 0.159 e. The van der Waals surface area contributed by atoms with Crippen LogP contribution in [-0.2, 0) is 17.9 Å². The van der Waals surface area contributed by atoms with Gasteiger partial charge in [-0.25, -0.2) is 0 Å². The Bertz CT molecular complexity index is 296. The van der Waals surface area contributed by atoms with E-state index in [0.29, 0.717) is 12.6 Å². The predicted octanol–water partition coefficient (Wildman–Crippen LogP) is 0.0887. The second kappa shape index (κ2) is 3.43. The van der Waals surface area contributed by atoms with Crippen LogP contribution in [-0.4, -0.2) is 28.4 Å². The summed E-state index contributed by atoms with van der Waals surface area (Å²) in [6, 6.07) is 0.298. The molecular weight excluding hydrogens is 168 g/mol. The molecule has 0 radical (unpaired) electrons. The Kier molecular flexibility index (Phi) is 2.28. The molecule has 0 bridgehead atoms. The van der Waals surface area contributed by atoms with Crippen molar-refractivity contribution >= 4 is 0 Å². The van der Waals surface area contributed by atoms with Crippen molar-refractivity contribution in [2.75, 3.05) is 13.7 Å². The number of rotatable bonds is 2. The standard InChI is InChI=1S/C8H14N4O/c1-6-8-11-10-7(5-13-2)12(8)4-3-9-6/h6,9H,3-5H2,1-2H3. The largest absolute Gasteiger partial charge is 0.377 e. The molecule has 1 aromatic rings. The van der Waals surface area contributed by atoms with Crippen LogP contribution < -0.4 is 5.32 Å². The second-order valence-corrected chi connectivity index (χ2v) is 3.23. The Labute approximate surface area is 77.1 Å². The molecule has 72 valence electrons. The van der Waals surface area contributed by atoms with E-state index in [4.69, 9.17) is 4.74 Å². The number of hydrogen-bond donors (Lipinski definition) is 1. The SMILES string of the molecule is COCc1nnc2n1CCNC2C. The van der Waals surface area contributed by atoms with Gasteiger partial charge in [0.1, 0.15) is 12.4 Å². The molecule has 5 heteroatoms. The van der Waals surface area contributed by atoms with E-state index in [1.165, 1.54) is 0 Å². The third-order valence-electron chi connectivity index (χ3n) is 2.30. The molecular formula is C8H14N4O. The van der Waals surface area contributed by atoms with Gasteiger partial charge in [0.05, 0.1) is 6.04 Å². The van der Waals surface area contributed by atoms with E-state index in [1.54, 1.807) is 7.11 Å². The topological polar surface area (TPSA) is 52.0 Å². The minimum Gasteiger partial charge on any atom is -0.377 e. The van der Waals surface area contributed by atoms with Gasteiger partial charge in [-0.3, -0.25) is 0 Å². The van der Waals surface area contributed by atoms with Crippen LogP contribution in [0.15, 0.2) is 0 Å². The van der Waals surface area contributed by atoms with E-state index >= 15 is 0 Å². The van der Waals surface area contributed by atoms with Gasteiger partial charge in [-0.2, -0.15) is 0 Å². The lowest BCUT2D eigenvalue weighted by Gasteiger charge is -2.21. The number of hydrogen-bond acceptors (Lipinski definition) is 4. The van der Waals surface area contributed by atoms with Crippen molar-refractivity contribution < 1.29 is 4.74 Å². The van der Waals surface area contributed by atoms with Gasteiger partial charge in [0.15, 0.2) is 5.82 Å². The van der Waals surface area contributed by atoms with Crippen molar-refractivity contribution in [3.05, 3.63) is 11.6 Å². The van der Waals surface area contributed by atoms with Crippen molar-refractivity contribution in [2.45, 2.75) is 26.1 Å². The van der Waals surface area contributed by atoms with Gasteiger partial charge in [0.2, 0.25) is 0 Å². The zero-order chi connectivity index (χ0) is 9.26. The Hall–Kier alpha value is -0.940. The fourth-order valence-electron chi connectivity index (χ4n) is 1.63. The van der Waals surface area contributed by atoms with Crippen LogP contribution in [0.3, 0.4) is 0 Å². The van der Waals surface area contributed by atoms with Crippen LogP contribution in [0.4, 0.5) is 0 Å². The first kappa shape index (κ1) is 8.65. The van der Waals surface area contributed by atoms with Crippen molar-refractivity contribution in [3.8, 4) is 0 Å². The molecule has 0 aromatic carbocycles. The molecule has 1 unspecified atom stereocenters. The quantitative estimate of drug-likeness (QED) is 0.704. The Morgan fingerprint density at radius 3 is 3.23 bits per heavy atom. The highest BCUT2D eigenvalue weighted by Gasteiger charge is 2.20. The van der Waals surface area contributed by atoms with Crippen LogP contribution in [0, 0.1) is 0 Å². The normalized spacial score (nSPS) is 21.5. The van der Waals surface area contributed by atoms with Gasteiger partial charge in [0, 0.05) is 20.2 Å². The van der Waals surface area contributed by atoms with E-state index in [2.05, 4.69) is 27.0 Å². The first-order chi connectivity index (χ1) is 6.33. The minimum absolute atomic E-state index is 0.298. The summed E-state index contributed by atoms with van der Waals surface area (Å²) < 4.78 is 7.17. The fraction of sp³-hybridized carbons (Fsp3) is 0.750. The number of fused-ring (bicyclic) bond motifs is 1. The third-order valence-corrected chi connectivity index (χ3v) is 2.30. The maximum atomic E-state index is 5.04. The summed E-state index contributed by atoms with van der Waals surface area (Å²) in [6.07, 6.45) is 0. The monoisotopic (exact) mass is 182 g/mol. The van der Waals surface area contributed by atoms with Gasteiger partial charge in [-0.05, 0) is 6.92 Å². The van der Waals surface area contributed by atoms with Crippen LogP contribution in [0.5, 0.6) is 0 Å². The summed E-state index contributed by atoms with van der Waals surface area (Å²) in [6.45, 7) is 4.55. The highest BCUT2D eigenvalue weighted by Crippen LogP contribution is 2.15. The average molecular weight is 182 g/mol. The molecule has 2 rings (SSSR count). The van der Waals surface area contributed by atoms with Crippen molar-refractivity contribution in [3.63, 3.8) is 0 Å². The number of aromatic nitrogens is 3. The number of ether oxygens (including phenoxy) is 1. The molecule has 1 aliphatic heterocycles. The molecule has 2 heterocycles. The summed E-state index contributed by atoms with van der Waals surface area (Å²) in [5.74, 6) is 1.93. The average Bonchev–Trinajstić information content (AvgIpc) is 2.51. The summed E-state index contributed by atoms with van der Waals surface area (Å²) in [4.78, 5) is 0. The predicted molar refractivity (Wildman–Crippen MR) is 47.2 cm³/mol. The second-order valence-electron chi connectivity index (χ2n) is 3.23. The summed E-state index contributed by atoms with van der Waals surface area (Å²) in [5, 5.41) is 11.5. The van der Waals surface area contributed by atoms with Crippen molar-refractivity contribution in [1.29, 1.82) is 0 Å². The molecule has 0 fully saturated rings. The first-order valence-electron chi connectivity index (χ1n) is 4.47. The number of nitrogens with one attached hydrogen (secondary N) is 1. The van der Waals surface area contributed by atoms with Gasteiger partial charge < -0.3 is 14.6 Å². The molecule has 0 aliphatic carbocycles. The Morgan fingerprint density at radius 2 is 2.46 bits per heavy atom. The highest BCUT2D eigenvalue weighted by atomic mass is 16.5. The van der Waals surface area contributed by atoms with Gasteiger partial charge >= 0.3 is 0 Å². The molecule has 0 spiro atoms. The molecule has 1 N–H and O–H groups in total. The number of methoxy groups -OCH3 is 1. The van der Waals surface area contributed by atoms with Crippen LogP contribution in [0.1, 0.15) is 24.6 Å². The van der Waals surface area contributed by atoms with E-state index in [1.807, 2.05) is 0 Å². The smallest absolute Gasteiger partial charge is 0.159 e. The van der Waals surface area contributed by atoms with Gasteiger partial charge in [-0.15, -0.1) is 10.2 Å². The van der Waals surface area contributed by atoms with Crippen LogP contribution in [0.2, 0.25) is 0 Å². The molecule has 1 aromatic heterocycles. The maximum absolute atomic E-state index is 5.04. The molecule has 13 heavy (non-hydrogen) atoms. The van der Waals surface area contributed by atoms with Gasteiger partial charge in [-0.1, -0.05) is 0 Å². The lowest BCUT2D eigenvalue weighted by atomic mass is 10.2. The van der Waals surface area contributed by atoms with E-state index in [0.717, 1.165) is 24.7 Å². The number of nitrogens with zero attached hydrogens (tertiary/aromatic N) is 3. The zero-order valence-electron chi connectivity index (χ0n) is 7.95. The van der Waals surface area contributed by atoms with Crippen LogP contribution >= 0.6 is 0 Å². The van der Waals surface area contributed by atoms with E-state index in [-0.39, 0.29) is 0 Å². The fourth-order valence-corrected chi connectivity index (χ4v) is 1.63. The highest BCUT2D eigenvalue weighted by molar-refractivity contribution is 5.02. The molecule has 1 atom stereocenters. The summed E-state index contributed by atoms with van der Waals surface area (Å²) in [7, 11) is 1.67. The molecule has 0 amide bonds. The van der Waals surface area contributed by atoms with Gasteiger partial charge in [0.25, 0.3) is 0 Å². The zero-order valence-corrected chi connectivity index (χ0v) is 7.95. The third kappa shape index (κ3) is 1.45. The first-order valence-corrected chi connectivity index (χ1v) is 4.47. The minimum atomic E-state index is 0.298. The Balaban J connectivity index is 2.30. The summed E-state index contributed by atoms with van der Waals surface area (Å²) in [5.41, 5.74) is 0.